The summed E-state index contributed by atoms with van der Waals surface area (Å²) in [6.07, 6.45) is 1.62. The van der Waals surface area contributed by atoms with Crippen LogP contribution in [0.15, 0.2) is 0 Å². The summed E-state index contributed by atoms with van der Waals surface area (Å²) in [4.78, 5) is 11.7. The molecule has 4 heteroatoms. The summed E-state index contributed by atoms with van der Waals surface area (Å²) in [5.41, 5.74) is -0.511. The lowest BCUT2D eigenvalue weighted by Gasteiger charge is -2.46. The van der Waals surface area contributed by atoms with Gasteiger partial charge in [0.05, 0.1) is 13.2 Å². The first-order valence-electron chi connectivity index (χ1n) is 5.51. The molecule has 0 bridgehead atoms. The van der Waals surface area contributed by atoms with Crippen LogP contribution in [0.1, 0.15) is 33.6 Å². The molecule has 0 aliphatic heterocycles. The molecule has 0 radical (unpaired) electrons. The third-order valence-electron chi connectivity index (χ3n) is 2.70. The first-order chi connectivity index (χ1) is 7.04. The smallest absolute Gasteiger partial charge is 0.326 e. The lowest BCUT2D eigenvalue weighted by Crippen LogP contribution is -2.65. The van der Waals surface area contributed by atoms with Crippen molar-refractivity contribution < 1.29 is 14.3 Å². The second kappa shape index (κ2) is 4.94. The Bertz CT molecular complexity index is 222. The molecule has 4 nitrogen and oxygen atoms in total. The molecule has 0 aromatic rings. The van der Waals surface area contributed by atoms with Crippen molar-refractivity contribution in [1.82, 2.24) is 5.32 Å². The number of ether oxygens (including phenoxy) is 2. The first-order valence-corrected chi connectivity index (χ1v) is 5.51. The van der Waals surface area contributed by atoms with Crippen LogP contribution in [0.5, 0.6) is 0 Å². The first kappa shape index (κ1) is 12.5. The van der Waals surface area contributed by atoms with Crippen LogP contribution in [0.2, 0.25) is 0 Å². The molecular weight excluding hydrogens is 194 g/mol. The molecule has 1 aliphatic carbocycles. The van der Waals surface area contributed by atoms with E-state index in [1.54, 1.807) is 0 Å². The van der Waals surface area contributed by atoms with Gasteiger partial charge in [0.25, 0.3) is 0 Å². The van der Waals surface area contributed by atoms with Crippen molar-refractivity contribution in [3.05, 3.63) is 0 Å². The number of nitrogens with one attached hydrogen (secondary N) is 1. The lowest BCUT2D eigenvalue weighted by atomic mass is 9.73. The number of esters is 1. The molecular formula is C11H21NO3. The van der Waals surface area contributed by atoms with Gasteiger partial charge in [-0.1, -0.05) is 0 Å². The number of carbonyl (C=O) groups is 1. The van der Waals surface area contributed by atoms with Gasteiger partial charge in [-0.05, 0) is 20.8 Å². The highest BCUT2D eigenvalue weighted by molar-refractivity contribution is 5.82. The zero-order valence-electron chi connectivity index (χ0n) is 10.0. The molecule has 0 unspecified atom stereocenters. The molecule has 1 fully saturated rings. The molecule has 1 saturated carbocycles. The Kier molecular flexibility index (Phi) is 4.11. The number of hydrogen-bond donors (Lipinski definition) is 1. The minimum atomic E-state index is -0.511. The predicted octanol–water partition coefficient (Wildman–Crippen LogP) is 1.10. The topological polar surface area (TPSA) is 47.6 Å². The highest BCUT2D eigenvalue weighted by atomic mass is 16.5. The van der Waals surface area contributed by atoms with Crippen molar-refractivity contribution in [1.29, 1.82) is 0 Å². The van der Waals surface area contributed by atoms with Crippen LogP contribution in [-0.4, -0.2) is 37.4 Å². The normalized spacial score (nSPS) is 30.1. The van der Waals surface area contributed by atoms with E-state index in [0.29, 0.717) is 19.4 Å². The van der Waals surface area contributed by atoms with E-state index >= 15 is 0 Å². The van der Waals surface area contributed by atoms with E-state index in [-0.39, 0.29) is 18.1 Å². The molecule has 0 aromatic carbocycles. The fourth-order valence-electron chi connectivity index (χ4n) is 2.16. The van der Waals surface area contributed by atoms with E-state index in [0.717, 1.165) is 0 Å². The van der Waals surface area contributed by atoms with Gasteiger partial charge in [-0.15, -0.1) is 0 Å². The van der Waals surface area contributed by atoms with Crippen LogP contribution in [0.4, 0.5) is 0 Å². The van der Waals surface area contributed by atoms with E-state index in [9.17, 15) is 4.79 Å². The second-order valence-corrected chi connectivity index (χ2v) is 4.36. The second-order valence-electron chi connectivity index (χ2n) is 4.36. The van der Waals surface area contributed by atoms with Crippen molar-refractivity contribution in [3.8, 4) is 0 Å². The fraction of sp³-hybridized carbons (Fsp3) is 0.909. The van der Waals surface area contributed by atoms with Crippen molar-refractivity contribution >= 4 is 5.97 Å². The van der Waals surface area contributed by atoms with E-state index < -0.39 is 5.54 Å². The monoisotopic (exact) mass is 215 g/mol. The lowest BCUT2D eigenvalue weighted by molar-refractivity contribution is -0.162. The Balaban J connectivity index is 2.55. The van der Waals surface area contributed by atoms with E-state index in [1.807, 2.05) is 20.8 Å². The molecule has 15 heavy (non-hydrogen) atoms. The van der Waals surface area contributed by atoms with Gasteiger partial charge in [0.1, 0.15) is 5.54 Å². The maximum atomic E-state index is 11.7. The molecule has 0 saturated heterocycles. The molecule has 0 spiro atoms. The van der Waals surface area contributed by atoms with Gasteiger partial charge in [0.2, 0.25) is 0 Å². The van der Waals surface area contributed by atoms with Crippen LogP contribution in [0, 0.1) is 0 Å². The molecule has 0 amide bonds. The molecule has 88 valence electrons. The average Bonchev–Trinajstić information content (AvgIpc) is 2.12. The van der Waals surface area contributed by atoms with Crippen LogP contribution in [0.25, 0.3) is 0 Å². The summed E-state index contributed by atoms with van der Waals surface area (Å²) >= 11 is 0. The summed E-state index contributed by atoms with van der Waals surface area (Å²) in [5, 5.41) is 3.28. The van der Waals surface area contributed by atoms with Gasteiger partial charge in [-0.2, -0.15) is 0 Å². The third-order valence-corrected chi connectivity index (χ3v) is 2.70. The summed E-state index contributed by atoms with van der Waals surface area (Å²) in [5.74, 6) is -0.174. The Labute approximate surface area is 91.3 Å². The minimum Gasteiger partial charge on any atom is -0.468 e. The van der Waals surface area contributed by atoms with Gasteiger partial charge in [0.15, 0.2) is 0 Å². The number of rotatable bonds is 5. The van der Waals surface area contributed by atoms with Crippen molar-refractivity contribution in [2.45, 2.75) is 51.3 Å². The third kappa shape index (κ3) is 2.69. The van der Waals surface area contributed by atoms with Gasteiger partial charge in [-0.3, -0.25) is 10.1 Å². The minimum absolute atomic E-state index is 0.174. The maximum absolute atomic E-state index is 11.7. The standard InChI is InChI=1S/C11H21NO3/c1-5-15-9-6-11(7-9,10(13)14-4)12-8(2)3/h8-9,12H,5-7H2,1-4H3. The maximum Gasteiger partial charge on any atom is 0.326 e. The fourth-order valence-corrected chi connectivity index (χ4v) is 2.16. The Morgan fingerprint density at radius 2 is 2.13 bits per heavy atom. The molecule has 1 rings (SSSR count). The van der Waals surface area contributed by atoms with Crippen LogP contribution in [0.3, 0.4) is 0 Å². The quantitative estimate of drug-likeness (QED) is 0.698. The highest BCUT2D eigenvalue weighted by Gasteiger charge is 2.51. The van der Waals surface area contributed by atoms with E-state index in [2.05, 4.69) is 5.32 Å². The van der Waals surface area contributed by atoms with Crippen molar-refractivity contribution in [3.63, 3.8) is 0 Å². The van der Waals surface area contributed by atoms with Gasteiger partial charge >= 0.3 is 5.97 Å². The zero-order chi connectivity index (χ0) is 11.5. The average molecular weight is 215 g/mol. The molecule has 0 atom stereocenters. The SMILES string of the molecule is CCOC1CC(NC(C)C)(C(=O)OC)C1. The van der Waals surface area contributed by atoms with E-state index in [4.69, 9.17) is 9.47 Å². The summed E-state index contributed by atoms with van der Waals surface area (Å²) in [6.45, 7) is 6.72. The van der Waals surface area contributed by atoms with Crippen molar-refractivity contribution in [2.75, 3.05) is 13.7 Å². The number of carbonyl (C=O) groups excluding carboxylic acids is 1. The summed E-state index contributed by atoms with van der Waals surface area (Å²) < 4.78 is 10.3. The molecule has 0 heterocycles. The van der Waals surface area contributed by atoms with Crippen LogP contribution < -0.4 is 5.32 Å². The number of hydrogen-bond acceptors (Lipinski definition) is 4. The Morgan fingerprint density at radius 1 is 1.53 bits per heavy atom. The molecule has 1 aliphatic rings. The van der Waals surface area contributed by atoms with Gasteiger partial charge < -0.3 is 9.47 Å². The summed E-state index contributed by atoms with van der Waals surface area (Å²) in [7, 11) is 1.43. The molecule has 1 N–H and O–H groups in total. The highest BCUT2D eigenvalue weighted by Crippen LogP contribution is 2.36. The largest absolute Gasteiger partial charge is 0.468 e. The van der Waals surface area contributed by atoms with Crippen LogP contribution in [-0.2, 0) is 14.3 Å². The van der Waals surface area contributed by atoms with Gasteiger partial charge in [-0.25, -0.2) is 0 Å². The Morgan fingerprint density at radius 3 is 2.53 bits per heavy atom. The Hall–Kier alpha value is -0.610. The predicted molar refractivity (Wildman–Crippen MR) is 57.7 cm³/mol. The van der Waals surface area contributed by atoms with Crippen LogP contribution >= 0.6 is 0 Å². The molecule has 0 aromatic heterocycles. The van der Waals surface area contributed by atoms with E-state index in [1.165, 1.54) is 7.11 Å². The zero-order valence-corrected chi connectivity index (χ0v) is 10.0. The number of methoxy groups -OCH3 is 1. The van der Waals surface area contributed by atoms with Crippen molar-refractivity contribution in [2.24, 2.45) is 0 Å². The van der Waals surface area contributed by atoms with Gasteiger partial charge in [0, 0.05) is 25.5 Å². The summed E-state index contributed by atoms with van der Waals surface area (Å²) in [6, 6.07) is 0.270.